The molecule has 4 fully saturated rings. The normalized spacial score (nSPS) is 49.0. The number of esters is 1. The first kappa shape index (κ1) is 33.5. The van der Waals surface area contributed by atoms with Gasteiger partial charge in [-0.15, -0.1) is 0 Å². The van der Waals surface area contributed by atoms with Crippen LogP contribution in [0.4, 0.5) is 0 Å². The number of rotatable bonds is 7. The van der Waals surface area contributed by atoms with Crippen LogP contribution in [0.15, 0.2) is 22.8 Å². The molecule has 4 aliphatic carbocycles. The van der Waals surface area contributed by atoms with E-state index in [0.717, 1.165) is 44.1 Å². The number of cyclic esters (lactones) is 1. The highest BCUT2D eigenvalue weighted by atomic mass is 16.7. The maximum absolute atomic E-state index is 12.8. The predicted molar refractivity (Wildman–Crippen MR) is 163 cm³/mol. The van der Waals surface area contributed by atoms with Gasteiger partial charge in [-0.25, -0.2) is 4.79 Å². The van der Waals surface area contributed by atoms with Gasteiger partial charge in [0.25, 0.3) is 0 Å². The molecule has 2 aliphatic heterocycles. The maximum atomic E-state index is 12.8. The van der Waals surface area contributed by atoms with E-state index in [1.54, 1.807) is 0 Å². The number of carbonyl (C=O) groups is 1. The average molecular weight is 635 g/mol. The van der Waals surface area contributed by atoms with E-state index in [4.69, 9.17) is 14.2 Å². The molecule has 6 aliphatic rings. The Labute approximate surface area is 266 Å². The molecule has 2 heterocycles. The van der Waals surface area contributed by atoms with Crippen LogP contribution in [-0.2, 0) is 19.0 Å². The molecule has 6 rings (SSSR count). The molecular weight excluding hydrogens is 580 g/mol. The van der Waals surface area contributed by atoms with Crippen molar-refractivity contribution < 1.29 is 49.6 Å². The highest BCUT2D eigenvalue weighted by molar-refractivity contribution is 5.90. The summed E-state index contributed by atoms with van der Waals surface area (Å²) in [4.78, 5) is 12.8. The molecule has 15 unspecified atom stereocenters. The molecule has 0 radical (unpaired) electrons. The van der Waals surface area contributed by atoms with Gasteiger partial charge in [0.15, 0.2) is 6.29 Å². The molecule has 0 amide bonds. The largest absolute Gasteiger partial charge is 0.458 e. The zero-order valence-corrected chi connectivity index (χ0v) is 27.2. The molecule has 0 aromatic heterocycles. The van der Waals surface area contributed by atoms with E-state index in [-0.39, 0.29) is 35.4 Å². The van der Waals surface area contributed by atoms with Crippen molar-refractivity contribution in [2.75, 3.05) is 13.2 Å². The standard InChI is InChI=1S/C35H54O10/c1-17-13-26(44-32(42)21(17)10-12-36)18(2)23-7-8-24-22-6-5-19-14-20(43-33-31(41)30(40)29(39)27(16-37)45-33)15-28(38)35(19,4)25(22)9-11-34(23,24)3/h5,18,20,22-31,33,36-41H,6-16H2,1-4H3. The van der Waals surface area contributed by atoms with E-state index in [1.165, 1.54) is 5.57 Å². The molecule has 3 saturated carbocycles. The fourth-order valence-corrected chi connectivity index (χ4v) is 10.9. The molecule has 45 heavy (non-hydrogen) atoms. The number of carbonyl (C=O) groups excluding carboxylic acids is 1. The summed E-state index contributed by atoms with van der Waals surface area (Å²) in [5.41, 5.74) is 2.60. The number of ether oxygens (including phenoxy) is 3. The Kier molecular flexibility index (Phi) is 9.37. The lowest BCUT2D eigenvalue weighted by atomic mass is 9.46. The van der Waals surface area contributed by atoms with Crippen LogP contribution in [-0.4, -0.2) is 98.8 Å². The molecule has 1 saturated heterocycles. The molecular formula is C35H54O10. The van der Waals surface area contributed by atoms with Crippen molar-refractivity contribution in [2.45, 2.75) is 135 Å². The summed E-state index contributed by atoms with van der Waals surface area (Å²) in [6.07, 6.45) is 1.74. The van der Waals surface area contributed by atoms with E-state index >= 15 is 0 Å². The topological polar surface area (TPSA) is 166 Å². The fraction of sp³-hybridized carbons (Fsp3) is 0.857. The van der Waals surface area contributed by atoms with Gasteiger partial charge >= 0.3 is 5.97 Å². The van der Waals surface area contributed by atoms with Crippen molar-refractivity contribution in [1.82, 2.24) is 0 Å². The van der Waals surface area contributed by atoms with Gasteiger partial charge < -0.3 is 44.8 Å². The summed E-state index contributed by atoms with van der Waals surface area (Å²) in [6.45, 7) is 8.35. The molecule has 10 heteroatoms. The Morgan fingerprint density at radius 1 is 1.02 bits per heavy atom. The third kappa shape index (κ3) is 5.45. The number of fused-ring (bicyclic) bond motifs is 5. The molecule has 15 atom stereocenters. The van der Waals surface area contributed by atoms with E-state index in [9.17, 15) is 35.4 Å². The van der Waals surface area contributed by atoms with Gasteiger partial charge in [0.2, 0.25) is 0 Å². The molecule has 254 valence electrons. The fourth-order valence-electron chi connectivity index (χ4n) is 10.9. The number of allylic oxidation sites excluding steroid dienone is 1. The van der Waals surface area contributed by atoms with E-state index in [2.05, 4.69) is 26.8 Å². The number of aliphatic hydroxyl groups is 6. The average Bonchev–Trinajstić information content (AvgIpc) is 3.36. The minimum atomic E-state index is -1.50. The van der Waals surface area contributed by atoms with Gasteiger partial charge in [-0.3, -0.25) is 0 Å². The molecule has 6 N–H and O–H groups in total. The van der Waals surface area contributed by atoms with Gasteiger partial charge in [0.05, 0.1) is 18.8 Å². The quantitative estimate of drug-likeness (QED) is 0.181. The van der Waals surface area contributed by atoms with Gasteiger partial charge in [-0.2, -0.15) is 0 Å². The molecule has 0 aromatic carbocycles. The summed E-state index contributed by atoms with van der Waals surface area (Å²) < 4.78 is 17.7. The Balaban J connectivity index is 1.16. The summed E-state index contributed by atoms with van der Waals surface area (Å²) >= 11 is 0. The van der Waals surface area contributed by atoms with Crippen LogP contribution >= 0.6 is 0 Å². The van der Waals surface area contributed by atoms with Gasteiger partial charge in [0.1, 0.15) is 30.5 Å². The van der Waals surface area contributed by atoms with Crippen LogP contribution in [0.5, 0.6) is 0 Å². The zero-order chi connectivity index (χ0) is 32.4. The predicted octanol–water partition coefficient (Wildman–Crippen LogP) is 2.37. The van der Waals surface area contributed by atoms with Gasteiger partial charge in [0, 0.05) is 36.9 Å². The van der Waals surface area contributed by atoms with Crippen molar-refractivity contribution in [3.05, 3.63) is 22.8 Å². The molecule has 10 nitrogen and oxygen atoms in total. The molecule has 0 aromatic rings. The second kappa shape index (κ2) is 12.6. The summed E-state index contributed by atoms with van der Waals surface area (Å²) in [6, 6.07) is 0. The SMILES string of the molecule is CC1=C(CCO)C(=O)OC(C(C)C2CCC3C4CC=C5CC(OC6OC(CO)C(O)C(O)C6O)CC(O)C5(C)C4CCC23C)C1. The minimum Gasteiger partial charge on any atom is -0.458 e. The van der Waals surface area contributed by atoms with E-state index < -0.39 is 49.5 Å². The lowest BCUT2D eigenvalue weighted by Crippen LogP contribution is -2.60. The molecule has 0 spiro atoms. The van der Waals surface area contributed by atoms with Crippen LogP contribution in [0.3, 0.4) is 0 Å². The first-order valence-corrected chi connectivity index (χ1v) is 17.2. The van der Waals surface area contributed by atoms with Crippen molar-refractivity contribution in [3.63, 3.8) is 0 Å². The van der Waals surface area contributed by atoms with Crippen molar-refractivity contribution in [2.24, 2.45) is 40.4 Å². The Morgan fingerprint density at radius 2 is 1.78 bits per heavy atom. The second-order valence-corrected chi connectivity index (χ2v) is 15.5. The smallest absolute Gasteiger partial charge is 0.334 e. The maximum Gasteiger partial charge on any atom is 0.334 e. The van der Waals surface area contributed by atoms with Crippen molar-refractivity contribution in [1.29, 1.82) is 0 Å². The Hall–Kier alpha value is -1.37. The van der Waals surface area contributed by atoms with Crippen LogP contribution in [0.2, 0.25) is 0 Å². The first-order valence-electron chi connectivity index (χ1n) is 17.2. The lowest BCUT2D eigenvalue weighted by molar-refractivity contribution is -0.315. The van der Waals surface area contributed by atoms with E-state index in [1.807, 2.05) is 6.92 Å². The summed E-state index contributed by atoms with van der Waals surface area (Å²) in [5.74, 6) is 1.72. The van der Waals surface area contributed by atoms with Gasteiger partial charge in [-0.1, -0.05) is 38.0 Å². The van der Waals surface area contributed by atoms with Crippen LogP contribution in [0, 0.1) is 40.4 Å². The minimum absolute atomic E-state index is 0.0529. The number of hydrogen-bond acceptors (Lipinski definition) is 10. The highest BCUT2D eigenvalue weighted by Gasteiger charge is 2.62. The second-order valence-electron chi connectivity index (χ2n) is 15.5. The van der Waals surface area contributed by atoms with Crippen LogP contribution in [0.1, 0.15) is 85.5 Å². The summed E-state index contributed by atoms with van der Waals surface area (Å²) in [7, 11) is 0. The third-order valence-electron chi connectivity index (χ3n) is 13.5. The van der Waals surface area contributed by atoms with Crippen molar-refractivity contribution >= 4 is 5.97 Å². The summed E-state index contributed by atoms with van der Waals surface area (Å²) in [5, 5.41) is 61.6. The lowest BCUT2D eigenvalue weighted by Gasteiger charge is -2.60. The number of aliphatic hydroxyl groups excluding tert-OH is 6. The Bertz CT molecular complexity index is 1180. The van der Waals surface area contributed by atoms with Crippen LogP contribution in [0.25, 0.3) is 0 Å². The molecule has 0 bridgehead atoms. The Morgan fingerprint density at radius 3 is 2.47 bits per heavy atom. The zero-order valence-electron chi connectivity index (χ0n) is 27.2. The van der Waals surface area contributed by atoms with Crippen LogP contribution < -0.4 is 0 Å². The first-order chi connectivity index (χ1) is 21.3. The van der Waals surface area contributed by atoms with Crippen molar-refractivity contribution in [3.8, 4) is 0 Å². The highest BCUT2D eigenvalue weighted by Crippen LogP contribution is 2.67. The monoisotopic (exact) mass is 634 g/mol. The number of hydrogen-bond donors (Lipinski definition) is 6. The van der Waals surface area contributed by atoms with E-state index in [0.29, 0.717) is 48.5 Å². The van der Waals surface area contributed by atoms with Gasteiger partial charge in [-0.05, 0) is 80.5 Å². The third-order valence-corrected chi connectivity index (χ3v) is 13.5.